The van der Waals surface area contributed by atoms with Crippen LogP contribution in [0.5, 0.6) is 0 Å². The Kier molecular flexibility index (Phi) is 4.52. The molecule has 3 heterocycles. The summed E-state index contributed by atoms with van der Waals surface area (Å²) in [5.74, 6) is 1.69. The predicted molar refractivity (Wildman–Crippen MR) is 104 cm³/mol. The Hall–Kier alpha value is -1.85. The van der Waals surface area contributed by atoms with Gasteiger partial charge in [0, 0.05) is 16.4 Å². The van der Waals surface area contributed by atoms with Crippen molar-refractivity contribution in [2.45, 2.75) is 39.9 Å². The number of rotatable bonds is 5. The van der Waals surface area contributed by atoms with Crippen molar-refractivity contribution in [3.05, 3.63) is 52.1 Å². The van der Waals surface area contributed by atoms with E-state index in [2.05, 4.69) is 41.0 Å². The van der Waals surface area contributed by atoms with Crippen molar-refractivity contribution in [3.8, 4) is 11.4 Å². The third-order valence-electron chi connectivity index (χ3n) is 4.44. The lowest BCUT2D eigenvalue weighted by Crippen LogP contribution is -2.29. The molecule has 0 saturated carbocycles. The Morgan fingerprint density at radius 2 is 2.16 bits per heavy atom. The minimum atomic E-state index is 0.713. The number of aromatic nitrogens is 3. The Bertz CT molecular complexity index is 883. The van der Waals surface area contributed by atoms with Gasteiger partial charge in [-0.15, -0.1) is 11.3 Å². The third-order valence-corrected chi connectivity index (χ3v) is 5.93. The maximum absolute atomic E-state index is 6.16. The second kappa shape index (κ2) is 6.81. The van der Waals surface area contributed by atoms with Crippen LogP contribution >= 0.6 is 22.9 Å². The first kappa shape index (κ1) is 16.6. The molecule has 4 rings (SSSR count). The van der Waals surface area contributed by atoms with Crippen molar-refractivity contribution >= 4 is 27.9 Å². The number of hydrogen-bond donors (Lipinski definition) is 0. The second-order valence-electron chi connectivity index (χ2n) is 6.92. The highest BCUT2D eigenvalue weighted by Gasteiger charge is 2.26. The molecule has 25 heavy (non-hydrogen) atoms. The number of benzene rings is 1. The van der Waals surface area contributed by atoms with Gasteiger partial charge in [-0.05, 0) is 42.5 Å². The van der Waals surface area contributed by atoms with Gasteiger partial charge in [-0.2, -0.15) is 5.10 Å². The van der Waals surface area contributed by atoms with Gasteiger partial charge in [-0.1, -0.05) is 37.6 Å². The largest absolute Gasteiger partial charge is 0.339 e. The van der Waals surface area contributed by atoms with Crippen LogP contribution in [0.4, 0.5) is 5.00 Å². The number of hydrogen-bond acceptors (Lipinski definition) is 4. The van der Waals surface area contributed by atoms with Gasteiger partial charge in [0.1, 0.15) is 18.0 Å². The van der Waals surface area contributed by atoms with E-state index >= 15 is 0 Å². The zero-order chi connectivity index (χ0) is 17.4. The summed E-state index contributed by atoms with van der Waals surface area (Å²) < 4.78 is 1.98. The number of nitrogens with zero attached hydrogens (tertiary/aromatic N) is 4. The van der Waals surface area contributed by atoms with Gasteiger partial charge in [0.15, 0.2) is 5.82 Å². The van der Waals surface area contributed by atoms with E-state index in [-0.39, 0.29) is 0 Å². The van der Waals surface area contributed by atoms with Gasteiger partial charge in [0.25, 0.3) is 0 Å². The van der Waals surface area contributed by atoms with Gasteiger partial charge in [0.2, 0.25) is 0 Å². The first-order valence-electron chi connectivity index (χ1n) is 8.60. The Balaban J connectivity index is 1.66. The minimum absolute atomic E-state index is 0.713. The molecule has 1 aliphatic rings. The van der Waals surface area contributed by atoms with Crippen molar-refractivity contribution in [2.75, 3.05) is 4.90 Å². The van der Waals surface area contributed by atoms with E-state index in [0.717, 1.165) is 30.5 Å². The van der Waals surface area contributed by atoms with Crippen molar-refractivity contribution in [3.63, 3.8) is 0 Å². The standard InChI is InChI=1S/C19H21ClN4S/c1-13(2)6-7-16-9-17-18-21-11-22-24(18)12-23(19(17)25-16)10-14-4-3-5-15(20)8-14/h3-5,8-9,11,13H,6-7,10,12H2,1-2H3. The normalized spacial score (nSPS) is 13.2. The molecular formula is C19H21ClN4S. The van der Waals surface area contributed by atoms with Crippen LogP contribution in [0.15, 0.2) is 36.7 Å². The van der Waals surface area contributed by atoms with Crippen molar-refractivity contribution < 1.29 is 0 Å². The molecule has 1 aromatic carbocycles. The van der Waals surface area contributed by atoms with Crippen LogP contribution in [0, 0.1) is 5.92 Å². The molecule has 4 nitrogen and oxygen atoms in total. The monoisotopic (exact) mass is 372 g/mol. The van der Waals surface area contributed by atoms with Crippen LogP contribution in [-0.4, -0.2) is 14.8 Å². The molecule has 0 aliphatic carbocycles. The lowest BCUT2D eigenvalue weighted by molar-refractivity contribution is 0.572. The van der Waals surface area contributed by atoms with Gasteiger partial charge in [0.05, 0.1) is 5.56 Å². The van der Waals surface area contributed by atoms with E-state index in [9.17, 15) is 0 Å². The Labute approximate surface area is 157 Å². The number of fused-ring (bicyclic) bond motifs is 3. The average Bonchev–Trinajstić information content (AvgIpc) is 3.19. The summed E-state index contributed by atoms with van der Waals surface area (Å²) in [5.41, 5.74) is 2.41. The average molecular weight is 373 g/mol. The first-order chi connectivity index (χ1) is 12.1. The fourth-order valence-corrected chi connectivity index (χ4v) is 4.53. The molecule has 2 aromatic heterocycles. The lowest BCUT2D eigenvalue weighted by atomic mass is 10.1. The van der Waals surface area contributed by atoms with Crippen molar-refractivity contribution in [1.29, 1.82) is 0 Å². The molecule has 0 amide bonds. The molecule has 0 N–H and O–H groups in total. The number of anilines is 1. The maximum atomic E-state index is 6.16. The molecule has 130 valence electrons. The fraction of sp³-hybridized carbons (Fsp3) is 0.368. The molecular weight excluding hydrogens is 352 g/mol. The van der Waals surface area contributed by atoms with Crippen LogP contribution in [-0.2, 0) is 19.6 Å². The molecule has 0 radical (unpaired) electrons. The fourth-order valence-electron chi connectivity index (χ4n) is 3.16. The van der Waals surface area contributed by atoms with Gasteiger partial charge in [-0.25, -0.2) is 9.67 Å². The second-order valence-corrected chi connectivity index (χ2v) is 8.47. The Morgan fingerprint density at radius 1 is 1.28 bits per heavy atom. The summed E-state index contributed by atoms with van der Waals surface area (Å²) in [7, 11) is 0. The summed E-state index contributed by atoms with van der Waals surface area (Å²) in [6, 6.07) is 10.4. The van der Waals surface area contributed by atoms with E-state index in [1.165, 1.54) is 27.4 Å². The number of thiophene rings is 1. The van der Waals surface area contributed by atoms with E-state index in [1.807, 2.05) is 34.2 Å². The van der Waals surface area contributed by atoms with E-state index in [1.54, 1.807) is 6.33 Å². The van der Waals surface area contributed by atoms with Gasteiger partial charge >= 0.3 is 0 Å². The quantitative estimate of drug-likeness (QED) is 0.615. The summed E-state index contributed by atoms with van der Waals surface area (Å²) in [4.78, 5) is 8.26. The van der Waals surface area contributed by atoms with Crippen LogP contribution in [0.3, 0.4) is 0 Å². The van der Waals surface area contributed by atoms with Crippen LogP contribution < -0.4 is 4.90 Å². The lowest BCUT2D eigenvalue weighted by Gasteiger charge is -2.28. The number of halogens is 1. The highest BCUT2D eigenvalue weighted by Crippen LogP contribution is 2.42. The van der Waals surface area contributed by atoms with Gasteiger partial charge in [-0.3, -0.25) is 0 Å². The predicted octanol–water partition coefficient (Wildman–Crippen LogP) is 5.23. The summed E-state index contributed by atoms with van der Waals surface area (Å²) in [5, 5.41) is 6.46. The maximum Gasteiger partial charge on any atom is 0.162 e. The molecule has 0 bridgehead atoms. The SMILES string of the molecule is CC(C)CCc1cc2c(s1)N(Cc1cccc(Cl)c1)Cn1ncnc1-2. The number of aryl methyl sites for hydroxylation is 1. The van der Waals surface area contributed by atoms with E-state index < -0.39 is 0 Å². The molecule has 0 saturated heterocycles. The summed E-state index contributed by atoms with van der Waals surface area (Å²) in [6.07, 6.45) is 3.97. The highest BCUT2D eigenvalue weighted by atomic mass is 35.5. The van der Waals surface area contributed by atoms with Crippen molar-refractivity contribution in [1.82, 2.24) is 14.8 Å². The summed E-state index contributed by atoms with van der Waals surface area (Å²) >= 11 is 8.05. The zero-order valence-corrected chi connectivity index (χ0v) is 16.0. The molecule has 0 spiro atoms. The smallest absolute Gasteiger partial charge is 0.162 e. The molecule has 0 atom stereocenters. The van der Waals surface area contributed by atoms with Crippen LogP contribution in [0.2, 0.25) is 5.02 Å². The van der Waals surface area contributed by atoms with Crippen molar-refractivity contribution in [2.24, 2.45) is 5.92 Å². The van der Waals surface area contributed by atoms with E-state index in [0.29, 0.717) is 5.92 Å². The third kappa shape index (κ3) is 3.44. The molecule has 6 heteroatoms. The first-order valence-corrected chi connectivity index (χ1v) is 9.80. The zero-order valence-electron chi connectivity index (χ0n) is 14.4. The molecule has 1 aliphatic heterocycles. The Morgan fingerprint density at radius 3 is 2.96 bits per heavy atom. The van der Waals surface area contributed by atoms with Crippen LogP contribution in [0.1, 0.15) is 30.7 Å². The van der Waals surface area contributed by atoms with E-state index in [4.69, 9.17) is 11.6 Å². The van der Waals surface area contributed by atoms with Gasteiger partial charge < -0.3 is 4.90 Å². The topological polar surface area (TPSA) is 34.0 Å². The molecule has 0 unspecified atom stereocenters. The highest BCUT2D eigenvalue weighted by molar-refractivity contribution is 7.16. The minimum Gasteiger partial charge on any atom is -0.339 e. The van der Waals surface area contributed by atoms with Crippen LogP contribution in [0.25, 0.3) is 11.4 Å². The molecule has 3 aromatic rings. The molecule has 0 fully saturated rings. The summed E-state index contributed by atoms with van der Waals surface area (Å²) in [6.45, 7) is 6.08.